The molecule has 2 aromatic heterocycles. The highest BCUT2D eigenvalue weighted by Crippen LogP contribution is 2.15. The first-order valence-corrected chi connectivity index (χ1v) is 6.96. The average molecular weight is 299 g/mol. The lowest BCUT2D eigenvalue weighted by molar-refractivity contribution is 0.383. The third-order valence-corrected chi connectivity index (χ3v) is 3.53. The molecule has 7 heteroatoms. The van der Waals surface area contributed by atoms with Gasteiger partial charge in [0.2, 0.25) is 0 Å². The van der Waals surface area contributed by atoms with Gasteiger partial charge in [-0.25, -0.2) is 4.98 Å². The van der Waals surface area contributed by atoms with Gasteiger partial charge in [0.1, 0.15) is 0 Å². The summed E-state index contributed by atoms with van der Waals surface area (Å²) in [5, 5.41) is 0. The highest BCUT2D eigenvalue weighted by Gasteiger charge is 2.09. The summed E-state index contributed by atoms with van der Waals surface area (Å²) in [5.41, 5.74) is 1.11. The quantitative estimate of drug-likeness (QED) is 0.709. The Morgan fingerprint density at radius 3 is 2.77 bits per heavy atom. The summed E-state index contributed by atoms with van der Waals surface area (Å²) in [5.74, 6) is 0. The molecule has 0 saturated carbocycles. The molecule has 2 heterocycles. The molecular formula is C15H17N5O2. The van der Waals surface area contributed by atoms with Crippen LogP contribution >= 0.6 is 0 Å². The van der Waals surface area contributed by atoms with Gasteiger partial charge in [0.25, 0.3) is 0 Å². The zero-order valence-electron chi connectivity index (χ0n) is 12.5. The topological polar surface area (TPSA) is 75.9 Å². The van der Waals surface area contributed by atoms with E-state index in [1.54, 1.807) is 18.6 Å². The number of benzene rings is 1. The van der Waals surface area contributed by atoms with E-state index in [9.17, 15) is 9.59 Å². The second kappa shape index (κ2) is 5.61. The lowest BCUT2D eigenvalue weighted by Gasteiger charge is -2.14. The van der Waals surface area contributed by atoms with Gasteiger partial charge in [0, 0.05) is 31.2 Å². The van der Waals surface area contributed by atoms with Crippen LogP contribution in [0.1, 0.15) is 0 Å². The molecule has 0 aliphatic heterocycles. The van der Waals surface area contributed by atoms with E-state index in [-0.39, 0.29) is 0 Å². The fourth-order valence-corrected chi connectivity index (χ4v) is 2.35. The minimum Gasteiger partial charge on any atom is -0.316 e. The molecule has 7 nitrogen and oxygen atoms in total. The van der Waals surface area contributed by atoms with Crippen LogP contribution in [0.2, 0.25) is 0 Å². The lowest BCUT2D eigenvalue weighted by Crippen LogP contribution is -2.38. The molecule has 0 aliphatic rings. The van der Waals surface area contributed by atoms with Gasteiger partial charge in [0.05, 0.1) is 17.4 Å². The summed E-state index contributed by atoms with van der Waals surface area (Å²) in [6.45, 7) is 1.13. The second-order valence-electron chi connectivity index (χ2n) is 5.39. The van der Waals surface area contributed by atoms with Gasteiger partial charge in [-0.1, -0.05) is 0 Å². The molecule has 0 spiro atoms. The summed E-state index contributed by atoms with van der Waals surface area (Å²) < 4.78 is 3.37. The number of hydrogen-bond acceptors (Lipinski definition) is 4. The van der Waals surface area contributed by atoms with Crippen molar-refractivity contribution in [3.63, 3.8) is 0 Å². The largest absolute Gasteiger partial charge is 0.316 e. The van der Waals surface area contributed by atoms with Crippen LogP contribution in [0.15, 0.2) is 46.5 Å². The van der Waals surface area contributed by atoms with Crippen LogP contribution in [0.5, 0.6) is 0 Å². The molecule has 0 unspecified atom stereocenters. The molecule has 1 N–H and O–H groups in total. The first kappa shape index (κ1) is 14.3. The summed E-state index contributed by atoms with van der Waals surface area (Å²) in [4.78, 5) is 32.6. The van der Waals surface area contributed by atoms with E-state index >= 15 is 0 Å². The van der Waals surface area contributed by atoms with Gasteiger partial charge >= 0.3 is 11.1 Å². The maximum atomic E-state index is 12.2. The Kier molecular flexibility index (Phi) is 3.64. The minimum absolute atomic E-state index is 0.458. The molecule has 22 heavy (non-hydrogen) atoms. The number of aromatic amines is 1. The zero-order chi connectivity index (χ0) is 15.7. The lowest BCUT2D eigenvalue weighted by atomic mass is 10.2. The Morgan fingerprint density at radius 2 is 2.09 bits per heavy atom. The molecule has 0 radical (unpaired) electrons. The van der Waals surface area contributed by atoms with Gasteiger partial charge in [-0.15, -0.1) is 0 Å². The van der Waals surface area contributed by atoms with Gasteiger partial charge in [-0.3, -0.25) is 9.59 Å². The van der Waals surface area contributed by atoms with Crippen LogP contribution < -0.4 is 11.1 Å². The molecule has 0 fully saturated rings. The van der Waals surface area contributed by atoms with Crippen LogP contribution in [0.4, 0.5) is 0 Å². The third-order valence-electron chi connectivity index (χ3n) is 3.53. The summed E-state index contributed by atoms with van der Waals surface area (Å²) in [6, 6.07) is 5.56. The van der Waals surface area contributed by atoms with Crippen LogP contribution in [0.3, 0.4) is 0 Å². The van der Waals surface area contributed by atoms with Crippen molar-refractivity contribution in [1.82, 2.24) is 24.0 Å². The second-order valence-corrected chi connectivity index (χ2v) is 5.39. The van der Waals surface area contributed by atoms with Gasteiger partial charge in [-0.2, -0.15) is 0 Å². The number of hydrogen-bond donors (Lipinski definition) is 1. The Labute approximate surface area is 126 Å². The van der Waals surface area contributed by atoms with Crippen LogP contribution in [0, 0.1) is 0 Å². The average Bonchev–Trinajstić information content (AvgIpc) is 3.01. The maximum Gasteiger partial charge on any atom is 0.316 e. The molecule has 114 valence electrons. The molecular weight excluding hydrogens is 282 g/mol. The number of nitrogens with one attached hydrogen (secondary N) is 1. The number of nitrogens with zero attached hydrogens (tertiary/aromatic N) is 4. The standard InChI is InChI=1S/C15H17N5O2/c1-18(2)7-8-20-13-9-11(19-6-5-16-10-19)3-4-12(13)17-14(21)15(20)22/h3-6,9-10H,7-8H2,1-2H3,(H,17,21). The van der Waals surface area contributed by atoms with Crippen molar-refractivity contribution in [2.45, 2.75) is 6.54 Å². The van der Waals surface area contributed by atoms with Gasteiger partial charge in [0.15, 0.2) is 0 Å². The van der Waals surface area contributed by atoms with E-state index in [1.165, 1.54) is 4.57 Å². The predicted molar refractivity (Wildman–Crippen MR) is 84.5 cm³/mol. The van der Waals surface area contributed by atoms with E-state index in [2.05, 4.69) is 9.97 Å². The Morgan fingerprint density at radius 1 is 1.27 bits per heavy atom. The SMILES string of the molecule is CN(C)CCn1c(=O)c(=O)[nH]c2ccc(-n3ccnc3)cc21. The fraction of sp³-hybridized carbons (Fsp3) is 0.267. The highest BCUT2D eigenvalue weighted by atomic mass is 16.2. The zero-order valence-corrected chi connectivity index (χ0v) is 12.5. The van der Waals surface area contributed by atoms with E-state index in [4.69, 9.17) is 0 Å². The van der Waals surface area contributed by atoms with Crippen LogP contribution in [-0.4, -0.2) is 44.6 Å². The molecule has 0 atom stereocenters. The van der Waals surface area contributed by atoms with Crippen molar-refractivity contribution >= 4 is 11.0 Å². The van der Waals surface area contributed by atoms with Crippen molar-refractivity contribution in [2.75, 3.05) is 20.6 Å². The molecule has 0 amide bonds. The molecule has 1 aromatic carbocycles. The normalized spacial score (nSPS) is 11.4. The number of fused-ring (bicyclic) bond motifs is 1. The van der Waals surface area contributed by atoms with Crippen molar-refractivity contribution in [2.24, 2.45) is 0 Å². The summed E-state index contributed by atoms with van der Waals surface area (Å²) >= 11 is 0. The highest BCUT2D eigenvalue weighted by molar-refractivity contribution is 5.77. The van der Waals surface area contributed by atoms with Gasteiger partial charge < -0.3 is 19.0 Å². The Hall–Kier alpha value is -2.67. The van der Waals surface area contributed by atoms with Gasteiger partial charge in [-0.05, 0) is 32.3 Å². The fourth-order valence-electron chi connectivity index (χ4n) is 2.35. The summed E-state index contributed by atoms with van der Waals surface area (Å²) in [7, 11) is 3.86. The number of imidazole rings is 1. The van der Waals surface area contributed by atoms with E-state index in [0.29, 0.717) is 24.1 Å². The Balaban J connectivity index is 2.20. The Bertz CT molecular complexity index is 906. The smallest absolute Gasteiger partial charge is 0.316 e. The van der Waals surface area contributed by atoms with Crippen molar-refractivity contribution in [3.8, 4) is 5.69 Å². The molecule has 3 aromatic rings. The van der Waals surface area contributed by atoms with Crippen molar-refractivity contribution in [3.05, 3.63) is 57.6 Å². The van der Waals surface area contributed by atoms with Crippen LogP contribution in [-0.2, 0) is 6.54 Å². The third kappa shape index (κ3) is 2.58. The molecule has 0 bridgehead atoms. The first-order chi connectivity index (χ1) is 10.6. The number of H-pyrrole nitrogens is 1. The first-order valence-electron chi connectivity index (χ1n) is 6.96. The molecule has 3 rings (SSSR count). The molecule has 0 saturated heterocycles. The van der Waals surface area contributed by atoms with Crippen molar-refractivity contribution in [1.29, 1.82) is 0 Å². The van der Waals surface area contributed by atoms with Crippen molar-refractivity contribution < 1.29 is 0 Å². The van der Waals surface area contributed by atoms with E-state index < -0.39 is 11.1 Å². The predicted octanol–water partition coefficient (Wildman–Crippen LogP) is 0.437. The number of rotatable bonds is 4. The summed E-state index contributed by atoms with van der Waals surface area (Å²) in [6.07, 6.45) is 5.21. The number of likely N-dealkylation sites (N-methyl/N-ethyl adjacent to an activating group) is 1. The minimum atomic E-state index is -0.596. The maximum absolute atomic E-state index is 12.2. The van der Waals surface area contributed by atoms with E-state index in [1.807, 2.05) is 41.9 Å². The van der Waals surface area contributed by atoms with Crippen LogP contribution in [0.25, 0.3) is 16.7 Å². The monoisotopic (exact) mass is 299 g/mol. The molecule has 0 aliphatic carbocycles. The van der Waals surface area contributed by atoms with E-state index in [0.717, 1.165) is 5.69 Å². The number of aromatic nitrogens is 4.